The van der Waals surface area contributed by atoms with Crippen molar-refractivity contribution in [2.75, 3.05) is 26.3 Å². The predicted molar refractivity (Wildman–Crippen MR) is 75.0 cm³/mol. The maximum absolute atomic E-state index is 5.44. The van der Waals surface area contributed by atoms with Crippen molar-refractivity contribution in [2.45, 2.75) is 19.0 Å². The van der Waals surface area contributed by atoms with E-state index in [9.17, 15) is 0 Å². The Hall–Kier alpha value is -1.43. The minimum absolute atomic E-state index is 0.497. The van der Waals surface area contributed by atoms with Gasteiger partial charge in [-0.3, -0.25) is 0 Å². The molecule has 2 aromatic rings. The van der Waals surface area contributed by atoms with E-state index in [4.69, 9.17) is 4.74 Å². The fourth-order valence-electron chi connectivity index (χ4n) is 2.41. The van der Waals surface area contributed by atoms with Gasteiger partial charge >= 0.3 is 0 Å². The number of morpholine rings is 1. The zero-order valence-corrected chi connectivity index (χ0v) is 11.0. The Morgan fingerprint density at radius 3 is 3.32 bits per heavy atom. The molecule has 2 heterocycles. The first kappa shape index (κ1) is 12.6. The van der Waals surface area contributed by atoms with Crippen molar-refractivity contribution in [2.24, 2.45) is 0 Å². The van der Waals surface area contributed by atoms with Gasteiger partial charge in [0, 0.05) is 19.1 Å². The van der Waals surface area contributed by atoms with Crippen LogP contribution in [0.25, 0.3) is 11.0 Å². The van der Waals surface area contributed by atoms with Gasteiger partial charge < -0.3 is 20.4 Å². The van der Waals surface area contributed by atoms with Crippen LogP contribution in [-0.4, -0.2) is 42.3 Å². The fraction of sp³-hybridized carbons (Fsp3) is 0.500. The molecular formula is C14H20N4O. The van der Waals surface area contributed by atoms with Crippen molar-refractivity contribution in [3.8, 4) is 0 Å². The molecule has 5 nitrogen and oxygen atoms in total. The number of imidazole rings is 1. The van der Waals surface area contributed by atoms with E-state index in [0.717, 1.165) is 50.3 Å². The molecule has 1 aliphatic heterocycles. The van der Waals surface area contributed by atoms with Crippen molar-refractivity contribution in [3.63, 3.8) is 0 Å². The lowest BCUT2D eigenvalue weighted by Crippen LogP contribution is -2.42. The monoisotopic (exact) mass is 260 g/mol. The Morgan fingerprint density at radius 2 is 2.42 bits per heavy atom. The number of hydrogen-bond donors (Lipinski definition) is 3. The maximum atomic E-state index is 5.44. The van der Waals surface area contributed by atoms with Gasteiger partial charge in [-0.1, -0.05) is 6.07 Å². The summed E-state index contributed by atoms with van der Waals surface area (Å²) in [6.07, 6.45) is 2.84. The summed E-state index contributed by atoms with van der Waals surface area (Å²) < 4.78 is 5.44. The molecule has 102 valence electrons. The van der Waals surface area contributed by atoms with Crippen molar-refractivity contribution < 1.29 is 4.74 Å². The highest BCUT2D eigenvalue weighted by Crippen LogP contribution is 2.11. The molecular weight excluding hydrogens is 240 g/mol. The quantitative estimate of drug-likeness (QED) is 0.703. The molecule has 3 N–H and O–H groups in total. The van der Waals surface area contributed by atoms with Crippen LogP contribution in [0.15, 0.2) is 24.5 Å². The Bertz CT molecular complexity index is 519. The molecule has 1 aromatic carbocycles. The summed E-state index contributed by atoms with van der Waals surface area (Å²) in [4.78, 5) is 7.36. The number of H-pyrrole nitrogens is 1. The summed E-state index contributed by atoms with van der Waals surface area (Å²) in [6, 6.07) is 6.82. The third-order valence-corrected chi connectivity index (χ3v) is 3.48. The summed E-state index contributed by atoms with van der Waals surface area (Å²) in [6.45, 7) is 4.54. The summed E-state index contributed by atoms with van der Waals surface area (Å²) in [5.41, 5.74) is 3.40. The average Bonchev–Trinajstić information content (AvgIpc) is 2.92. The largest absolute Gasteiger partial charge is 0.379 e. The summed E-state index contributed by atoms with van der Waals surface area (Å²) >= 11 is 0. The van der Waals surface area contributed by atoms with Crippen LogP contribution < -0.4 is 10.6 Å². The first-order valence-corrected chi connectivity index (χ1v) is 6.86. The average molecular weight is 260 g/mol. The van der Waals surface area contributed by atoms with Crippen LogP contribution in [0.4, 0.5) is 0 Å². The van der Waals surface area contributed by atoms with Gasteiger partial charge in [-0.25, -0.2) is 4.98 Å². The molecule has 0 radical (unpaired) electrons. The number of fused-ring (bicyclic) bond motifs is 1. The van der Waals surface area contributed by atoms with E-state index in [-0.39, 0.29) is 0 Å². The molecule has 3 rings (SSSR count). The van der Waals surface area contributed by atoms with E-state index in [0.29, 0.717) is 6.04 Å². The van der Waals surface area contributed by atoms with E-state index < -0.39 is 0 Å². The summed E-state index contributed by atoms with van der Waals surface area (Å²) in [5, 5.41) is 6.94. The number of benzene rings is 1. The predicted octanol–water partition coefficient (Wildman–Crippen LogP) is 1.03. The van der Waals surface area contributed by atoms with Gasteiger partial charge in [0.15, 0.2) is 0 Å². The van der Waals surface area contributed by atoms with Crippen LogP contribution >= 0.6 is 0 Å². The van der Waals surface area contributed by atoms with Crippen LogP contribution in [0.2, 0.25) is 0 Å². The zero-order valence-electron chi connectivity index (χ0n) is 11.0. The third-order valence-electron chi connectivity index (χ3n) is 3.48. The van der Waals surface area contributed by atoms with E-state index in [1.807, 2.05) is 0 Å². The lowest BCUT2D eigenvalue weighted by molar-refractivity contribution is 0.0742. The first-order chi connectivity index (χ1) is 9.42. The topological polar surface area (TPSA) is 62.0 Å². The second-order valence-electron chi connectivity index (χ2n) is 4.95. The Kier molecular flexibility index (Phi) is 4.07. The van der Waals surface area contributed by atoms with E-state index in [1.165, 1.54) is 5.56 Å². The maximum Gasteiger partial charge on any atom is 0.0931 e. The molecule has 1 aliphatic rings. The number of nitrogens with zero attached hydrogens (tertiary/aromatic N) is 1. The second kappa shape index (κ2) is 6.14. The number of rotatable bonds is 5. The Labute approximate surface area is 112 Å². The Balaban J connectivity index is 1.43. The molecule has 1 saturated heterocycles. The molecule has 0 spiro atoms. The molecule has 1 fully saturated rings. The van der Waals surface area contributed by atoms with Crippen LogP contribution in [0.1, 0.15) is 12.0 Å². The number of ether oxygens (including phenoxy) is 1. The number of aromatic amines is 1. The highest BCUT2D eigenvalue weighted by molar-refractivity contribution is 5.74. The van der Waals surface area contributed by atoms with Crippen molar-refractivity contribution in [3.05, 3.63) is 30.1 Å². The normalized spacial score (nSPS) is 19.9. The lowest BCUT2D eigenvalue weighted by atomic mass is 10.2. The molecule has 0 aliphatic carbocycles. The van der Waals surface area contributed by atoms with Crippen LogP contribution in [0.3, 0.4) is 0 Å². The zero-order chi connectivity index (χ0) is 12.9. The smallest absolute Gasteiger partial charge is 0.0931 e. The highest BCUT2D eigenvalue weighted by Gasteiger charge is 2.11. The summed E-state index contributed by atoms with van der Waals surface area (Å²) in [7, 11) is 0. The van der Waals surface area contributed by atoms with E-state index in [2.05, 4.69) is 38.8 Å². The van der Waals surface area contributed by atoms with Gasteiger partial charge in [0.1, 0.15) is 0 Å². The van der Waals surface area contributed by atoms with Gasteiger partial charge in [0.2, 0.25) is 0 Å². The standard InChI is InChI=1S/C14H20N4O/c1-2-13-14(18-10-17-13)7-11(1)8-15-4-3-12-9-19-6-5-16-12/h1-2,7,10,12,15-16H,3-6,8-9H2,(H,17,18). The number of hydrogen-bond acceptors (Lipinski definition) is 4. The van der Waals surface area contributed by atoms with Crippen molar-refractivity contribution >= 4 is 11.0 Å². The van der Waals surface area contributed by atoms with Crippen LogP contribution in [-0.2, 0) is 11.3 Å². The molecule has 1 aromatic heterocycles. The SMILES string of the molecule is c1nc2ccc(CNCCC3COCCN3)cc2[nH]1. The van der Waals surface area contributed by atoms with Gasteiger partial charge in [-0.05, 0) is 30.7 Å². The minimum Gasteiger partial charge on any atom is -0.379 e. The third kappa shape index (κ3) is 3.32. The molecule has 19 heavy (non-hydrogen) atoms. The molecule has 0 amide bonds. The Morgan fingerprint density at radius 1 is 1.42 bits per heavy atom. The van der Waals surface area contributed by atoms with Gasteiger partial charge in [0.25, 0.3) is 0 Å². The van der Waals surface area contributed by atoms with Crippen LogP contribution in [0, 0.1) is 0 Å². The first-order valence-electron chi connectivity index (χ1n) is 6.86. The van der Waals surface area contributed by atoms with Gasteiger partial charge in [-0.2, -0.15) is 0 Å². The number of nitrogens with one attached hydrogen (secondary N) is 3. The second-order valence-corrected chi connectivity index (χ2v) is 4.95. The molecule has 1 atom stereocenters. The lowest BCUT2D eigenvalue weighted by Gasteiger charge is -2.23. The molecule has 1 unspecified atom stereocenters. The number of aromatic nitrogens is 2. The van der Waals surface area contributed by atoms with Crippen molar-refractivity contribution in [1.29, 1.82) is 0 Å². The molecule has 0 saturated carbocycles. The van der Waals surface area contributed by atoms with Gasteiger partial charge in [-0.15, -0.1) is 0 Å². The fourth-order valence-corrected chi connectivity index (χ4v) is 2.41. The highest BCUT2D eigenvalue weighted by atomic mass is 16.5. The minimum atomic E-state index is 0.497. The van der Waals surface area contributed by atoms with Crippen molar-refractivity contribution in [1.82, 2.24) is 20.6 Å². The van der Waals surface area contributed by atoms with Crippen LogP contribution in [0.5, 0.6) is 0 Å². The molecule has 0 bridgehead atoms. The van der Waals surface area contributed by atoms with E-state index >= 15 is 0 Å². The molecule has 5 heteroatoms. The summed E-state index contributed by atoms with van der Waals surface area (Å²) in [5.74, 6) is 0. The van der Waals surface area contributed by atoms with Gasteiger partial charge in [0.05, 0.1) is 30.6 Å². The van der Waals surface area contributed by atoms with E-state index in [1.54, 1.807) is 6.33 Å².